The molecule has 2 atom stereocenters. The normalized spacial score (nSPS) is 20.0. The summed E-state index contributed by atoms with van der Waals surface area (Å²) >= 11 is 0. The lowest BCUT2D eigenvalue weighted by Crippen LogP contribution is -2.56. The van der Waals surface area contributed by atoms with Crippen molar-refractivity contribution >= 4 is 11.7 Å². The lowest BCUT2D eigenvalue weighted by molar-refractivity contribution is -0.138. The van der Waals surface area contributed by atoms with Crippen LogP contribution in [0.2, 0.25) is 0 Å². The number of benzene rings is 1. The quantitative estimate of drug-likeness (QED) is 0.538. The van der Waals surface area contributed by atoms with Gasteiger partial charge in [-0.05, 0) is 31.0 Å². The number of rotatable bonds is 4. The number of hydrogen-bond acceptors (Lipinski definition) is 6. The molecule has 0 radical (unpaired) electrons. The minimum atomic E-state index is -4.58. The number of piperazine rings is 1. The second kappa shape index (κ2) is 8.26. The second-order valence-corrected chi connectivity index (χ2v) is 8.20. The Balaban J connectivity index is 1.44. The van der Waals surface area contributed by atoms with Crippen LogP contribution in [0.15, 0.2) is 42.9 Å². The first-order chi connectivity index (χ1) is 16.3. The third-order valence-corrected chi connectivity index (χ3v) is 6.23. The minimum Gasteiger partial charge on any atom is -0.492 e. The molecule has 2 aliphatic rings. The van der Waals surface area contributed by atoms with Gasteiger partial charge in [-0.1, -0.05) is 0 Å². The van der Waals surface area contributed by atoms with E-state index in [2.05, 4.69) is 15.2 Å². The van der Waals surface area contributed by atoms with Crippen LogP contribution in [-0.2, 0) is 6.18 Å². The van der Waals surface area contributed by atoms with Crippen LogP contribution in [0.1, 0.15) is 28.8 Å². The van der Waals surface area contributed by atoms with Crippen LogP contribution < -0.4 is 9.64 Å². The van der Waals surface area contributed by atoms with Gasteiger partial charge in [-0.25, -0.2) is 9.37 Å². The molecule has 2 bridgehead atoms. The molecular weight excluding hydrogens is 456 g/mol. The van der Waals surface area contributed by atoms with Crippen molar-refractivity contribution in [3.05, 3.63) is 59.8 Å². The fourth-order valence-corrected chi connectivity index (χ4v) is 4.82. The van der Waals surface area contributed by atoms with Crippen molar-refractivity contribution in [3.63, 3.8) is 0 Å². The molecule has 0 aliphatic carbocycles. The maximum atomic E-state index is 13.9. The Morgan fingerprint density at radius 3 is 2.35 bits per heavy atom. The van der Waals surface area contributed by atoms with Crippen LogP contribution in [0, 0.1) is 5.82 Å². The molecule has 2 saturated heterocycles. The molecule has 0 spiro atoms. The number of nitrogens with zero attached hydrogens (tertiary/aromatic N) is 6. The lowest BCUT2D eigenvalue weighted by atomic mass is 10.1. The Bertz CT molecular complexity index is 1200. The van der Waals surface area contributed by atoms with Gasteiger partial charge in [-0.2, -0.15) is 28.2 Å². The van der Waals surface area contributed by atoms with Crippen molar-refractivity contribution in [1.29, 1.82) is 0 Å². The highest BCUT2D eigenvalue weighted by Crippen LogP contribution is 2.44. The molecule has 4 heterocycles. The maximum Gasteiger partial charge on any atom is 0.420 e. The number of aromatic nitrogens is 4. The van der Waals surface area contributed by atoms with E-state index in [0.29, 0.717) is 12.8 Å². The van der Waals surface area contributed by atoms with Crippen molar-refractivity contribution < 1.29 is 27.1 Å². The van der Waals surface area contributed by atoms with Crippen molar-refractivity contribution in [2.24, 2.45) is 0 Å². The third kappa shape index (κ3) is 3.72. The van der Waals surface area contributed by atoms with E-state index in [1.54, 1.807) is 4.90 Å². The number of fused-ring (bicyclic) bond motifs is 2. The van der Waals surface area contributed by atoms with Crippen LogP contribution in [0.3, 0.4) is 0 Å². The van der Waals surface area contributed by atoms with Gasteiger partial charge in [0.2, 0.25) is 0 Å². The van der Waals surface area contributed by atoms with Crippen molar-refractivity contribution in [3.8, 4) is 11.4 Å². The van der Waals surface area contributed by atoms with E-state index in [-0.39, 0.29) is 53.9 Å². The van der Waals surface area contributed by atoms with E-state index in [1.165, 1.54) is 42.5 Å². The summed E-state index contributed by atoms with van der Waals surface area (Å²) in [5.41, 5.74) is -0.438. The van der Waals surface area contributed by atoms with Gasteiger partial charge in [0.1, 0.15) is 17.1 Å². The zero-order valence-corrected chi connectivity index (χ0v) is 18.0. The molecule has 2 aromatic heterocycles. The molecule has 8 nitrogen and oxygen atoms in total. The molecule has 3 aromatic rings. The fourth-order valence-electron chi connectivity index (χ4n) is 4.82. The van der Waals surface area contributed by atoms with Crippen molar-refractivity contribution in [2.45, 2.75) is 31.1 Å². The fraction of sp³-hybridized carbons (Fsp3) is 0.364. The van der Waals surface area contributed by atoms with E-state index in [0.717, 1.165) is 12.3 Å². The molecule has 2 fully saturated rings. The molecule has 5 rings (SSSR count). The molecule has 34 heavy (non-hydrogen) atoms. The lowest BCUT2D eigenvalue weighted by Gasteiger charge is -2.42. The van der Waals surface area contributed by atoms with Crippen LogP contribution in [0.4, 0.5) is 23.4 Å². The molecular formula is C22H20F4N6O2. The number of carbonyl (C=O) groups excluding carboxylic acids is 1. The summed E-state index contributed by atoms with van der Waals surface area (Å²) in [6.07, 6.45) is 0.763. The predicted molar refractivity (Wildman–Crippen MR) is 112 cm³/mol. The van der Waals surface area contributed by atoms with Crippen LogP contribution in [-0.4, -0.2) is 63.1 Å². The first-order valence-electron chi connectivity index (χ1n) is 10.6. The van der Waals surface area contributed by atoms with E-state index in [9.17, 15) is 22.4 Å². The maximum absolute atomic E-state index is 13.9. The summed E-state index contributed by atoms with van der Waals surface area (Å²) in [4.78, 5) is 22.3. The predicted octanol–water partition coefficient (Wildman–Crippen LogP) is 3.32. The van der Waals surface area contributed by atoms with Gasteiger partial charge in [0.25, 0.3) is 5.91 Å². The van der Waals surface area contributed by atoms with Crippen molar-refractivity contribution in [1.82, 2.24) is 24.9 Å². The topological polar surface area (TPSA) is 76.4 Å². The second-order valence-electron chi connectivity index (χ2n) is 8.20. The number of ether oxygens (including phenoxy) is 1. The number of hydrogen-bond donors (Lipinski definition) is 0. The number of carbonyl (C=O) groups is 1. The van der Waals surface area contributed by atoms with Crippen LogP contribution in [0.25, 0.3) is 5.69 Å². The summed E-state index contributed by atoms with van der Waals surface area (Å²) < 4.78 is 59.6. The van der Waals surface area contributed by atoms with Gasteiger partial charge in [0.15, 0.2) is 11.6 Å². The Labute approximate surface area is 191 Å². The SMILES string of the molecule is COc1c(C(F)(F)F)ccnc1N1C2CCC1CN(C(=O)c1ccc(F)cc1-n1nccn1)C2. The summed E-state index contributed by atoms with van der Waals surface area (Å²) in [5.74, 6) is -1.05. The largest absolute Gasteiger partial charge is 0.492 e. The first-order valence-corrected chi connectivity index (χ1v) is 10.6. The molecule has 0 saturated carbocycles. The zero-order valence-electron chi connectivity index (χ0n) is 18.0. The zero-order chi connectivity index (χ0) is 24.0. The van der Waals surface area contributed by atoms with Gasteiger partial charge < -0.3 is 14.5 Å². The molecule has 1 amide bonds. The summed E-state index contributed by atoms with van der Waals surface area (Å²) in [7, 11) is 1.19. The standard InChI is InChI=1S/C22H20F4N6O2/c1-34-19-17(22(24,25)26)6-7-27-20(19)31-14-3-4-15(31)12-30(11-14)21(33)16-5-2-13(23)10-18(16)32-28-8-9-29-32/h2,5-10,14-15H,3-4,11-12H2,1H3. The van der Waals surface area contributed by atoms with E-state index in [4.69, 9.17) is 4.74 Å². The summed E-state index contributed by atoms with van der Waals surface area (Å²) in [6, 6.07) is 4.20. The van der Waals surface area contributed by atoms with E-state index < -0.39 is 17.6 Å². The van der Waals surface area contributed by atoms with E-state index >= 15 is 0 Å². The Kier molecular flexibility index (Phi) is 5.37. The van der Waals surface area contributed by atoms with Crippen LogP contribution >= 0.6 is 0 Å². The summed E-state index contributed by atoms with van der Waals surface area (Å²) in [5, 5.41) is 8.01. The molecule has 0 N–H and O–H groups in total. The first kappa shape index (κ1) is 22.1. The number of anilines is 1. The highest BCUT2D eigenvalue weighted by molar-refractivity contribution is 5.98. The average Bonchev–Trinajstić information content (AvgIpc) is 3.43. The number of methoxy groups -OCH3 is 1. The summed E-state index contributed by atoms with van der Waals surface area (Å²) in [6.45, 7) is 0.555. The number of pyridine rings is 1. The number of halogens is 4. The Morgan fingerprint density at radius 2 is 1.74 bits per heavy atom. The minimum absolute atomic E-state index is 0.125. The average molecular weight is 476 g/mol. The number of likely N-dealkylation sites (tertiary alicyclic amines) is 1. The Hall–Kier alpha value is -3.70. The molecule has 2 aliphatic heterocycles. The van der Waals surface area contributed by atoms with E-state index in [1.807, 2.05) is 4.90 Å². The van der Waals surface area contributed by atoms with Gasteiger partial charge in [0.05, 0.1) is 25.1 Å². The number of amides is 1. The van der Waals surface area contributed by atoms with Gasteiger partial charge >= 0.3 is 6.18 Å². The molecule has 12 heteroatoms. The highest BCUT2D eigenvalue weighted by atomic mass is 19.4. The highest BCUT2D eigenvalue weighted by Gasteiger charge is 2.45. The van der Waals surface area contributed by atoms with Gasteiger partial charge in [0, 0.05) is 37.4 Å². The third-order valence-electron chi connectivity index (χ3n) is 6.23. The van der Waals surface area contributed by atoms with Gasteiger partial charge in [-0.15, -0.1) is 0 Å². The Morgan fingerprint density at radius 1 is 1.06 bits per heavy atom. The van der Waals surface area contributed by atoms with Crippen LogP contribution in [0.5, 0.6) is 5.75 Å². The molecule has 1 aromatic carbocycles. The van der Waals surface area contributed by atoms with Crippen molar-refractivity contribution in [2.75, 3.05) is 25.1 Å². The monoisotopic (exact) mass is 476 g/mol. The number of alkyl halides is 3. The smallest absolute Gasteiger partial charge is 0.420 e. The molecule has 178 valence electrons. The molecule has 2 unspecified atom stereocenters. The van der Waals surface area contributed by atoms with Gasteiger partial charge in [-0.3, -0.25) is 4.79 Å².